The first kappa shape index (κ1) is 23.3. The predicted molar refractivity (Wildman–Crippen MR) is 139 cm³/mol. The highest BCUT2D eigenvalue weighted by molar-refractivity contribution is 6.02. The second-order valence-electron chi connectivity index (χ2n) is 8.69. The molecule has 0 saturated carbocycles. The molecule has 0 aliphatic carbocycles. The number of piperazine rings is 1. The summed E-state index contributed by atoms with van der Waals surface area (Å²) in [5.74, 6) is -0.0573. The Bertz CT molecular complexity index is 1340. The van der Waals surface area contributed by atoms with E-state index in [4.69, 9.17) is 4.42 Å². The van der Waals surface area contributed by atoms with Crippen molar-refractivity contribution in [3.63, 3.8) is 0 Å². The summed E-state index contributed by atoms with van der Waals surface area (Å²) in [7, 11) is 0. The molecule has 1 aliphatic heterocycles. The molecule has 1 amide bonds. The van der Waals surface area contributed by atoms with E-state index in [1.54, 1.807) is 24.3 Å². The standard InChI is InChI=1S/C28H26N4O4/c33-28(27-15-14-26(36-27)24-8-4-5-9-25(24)32(34)35)29-22-10-12-23(13-11-22)31-18-16-30(17-19-31)20-21-6-2-1-3-7-21/h1-15H,16-20H2,(H,29,33). The van der Waals surface area contributed by atoms with Gasteiger partial charge in [-0.1, -0.05) is 42.5 Å². The first-order chi connectivity index (χ1) is 17.6. The molecule has 8 heteroatoms. The third-order valence-corrected chi connectivity index (χ3v) is 6.31. The lowest BCUT2D eigenvalue weighted by Crippen LogP contribution is -2.45. The quantitative estimate of drug-likeness (QED) is 0.279. The Hall–Kier alpha value is -4.43. The Morgan fingerprint density at radius 2 is 1.56 bits per heavy atom. The third kappa shape index (κ3) is 5.29. The first-order valence-corrected chi connectivity index (χ1v) is 11.8. The van der Waals surface area contributed by atoms with Crippen LogP contribution in [-0.4, -0.2) is 41.9 Å². The van der Waals surface area contributed by atoms with Crippen LogP contribution < -0.4 is 10.2 Å². The summed E-state index contributed by atoms with van der Waals surface area (Å²) in [6.07, 6.45) is 0. The van der Waals surface area contributed by atoms with E-state index in [0.717, 1.165) is 38.4 Å². The Morgan fingerprint density at radius 1 is 0.861 bits per heavy atom. The molecule has 0 radical (unpaired) electrons. The van der Waals surface area contributed by atoms with Gasteiger partial charge in [0.1, 0.15) is 5.76 Å². The molecular formula is C28H26N4O4. The van der Waals surface area contributed by atoms with Gasteiger partial charge in [-0.05, 0) is 48.0 Å². The van der Waals surface area contributed by atoms with E-state index in [0.29, 0.717) is 11.3 Å². The number of carbonyl (C=O) groups is 1. The number of hydrogen-bond acceptors (Lipinski definition) is 6. The van der Waals surface area contributed by atoms with Crippen LogP contribution >= 0.6 is 0 Å². The molecule has 0 unspecified atom stereocenters. The van der Waals surface area contributed by atoms with Gasteiger partial charge in [0.2, 0.25) is 0 Å². The second kappa shape index (κ2) is 10.5. The average molecular weight is 483 g/mol. The van der Waals surface area contributed by atoms with Crippen molar-refractivity contribution < 1.29 is 14.1 Å². The van der Waals surface area contributed by atoms with Crippen molar-refractivity contribution in [2.75, 3.05) is 36.4 Å². The molecule has 1 aliphatic rings. The van der Waals surface area contributed by atoms with Crippen molar-refractivity contribution in [3.8, 4) is 11.3 Å². The van der Waals surface area contributed by atoms with Gasteiger partial charge in [-0.2, -0.15) is 0 Å². The fourth-order valence-corrected chi connectivity index (χ4v) is 4.40. The molecule has 0 bridgehead atoms. The first-order valence-electron chi connectivity index (χ1n) is 11.8. The van der Waals surface area contributed by atoms with Crippen LogP contribution in [0.15, 0.2) is 95.4 Å². The van der Waals surface area contributed by atoms with Gasteiger partial charge in [-0.3, -0.25) is 19.8 Å². The van der Waals surface area contributed by atoms with E-state index in [2.05, 4.69) is 39.4 Å². The van der Waals surface area contributed by atoms with Crippen molar-refractivity contribution in [1.82, 2.24) is 4.90 Å². The van der Waals surface area contributed by atoms with Crippen LogP contribution in [0.5, 0.6) is 0 Å². The van der Waals surface area contributed by atoms with Gasteiger partial charge in [0, 0.05) is 50.2 Å². The van der Waals surface area contributed by atoms with Gasteiger partial charge in [0.25, 0.3) is 11.6 Å². The van der Waals surface area contributed by atoms with Gasteiger partial charge in [0.15, 0.2) is 5.76 Å². The second-order valence-corrected chi connectivity index (χ2v) is 8.69. The molecule has 5 rings (SSSR count). The van der Waals surface area contributed by atoms with Gasteiger partial charge >= 0.3 is 0 Å². The average Bonchev–Trinajstić information content (AvgIpc) is 3.41. The maximum absolute atomic E-state index is 12.7. The molecule has 4 aromatic rings. The summed E-state index contributed by atoms with van der Waals surface area (Å²) >= 11 is 0. The lowest BCUT2D eigenvalue weighted by Gasteiger charge is -2.36. The van der Waals surface area contributed by atoms with Gasteiger partial charge in [0.05, 0.1) is 10.5 Å². The van der Waals surface area contributed by atoms with Crippen LogP contribution in [0.25, 0.3) is 11.3 Å². The number of furan rings is 1. The zero-order valence-corrected chi connectivity index (χ0v) is 19.7. The number of hydrogen-bond donors (Lipinski definition) is 1. The molecule has 1 aromatic heterocycles. The highest BCUT2D eigenvalue weighted by Gasteiger charge is 2.20. The van der Waals surface area contributed by atoms with E-state index < -0.39 is 10.8 Å². The largest absolute Gasteiger partial charge is 0.451 e. The molecule has 8 nitrogen and oxygen atoms in total. The molecular weight excluding hydrogens is 456 g/mol. The van der Waals surface area contributed by atoms with Crippen LogP contribution in [0.4, 0.5) is 17.1 Å². The van der Waals surface area contributed by atoms with Crippen LogP contribution in [0.3, 0.4) is 0 Å². The fourth-order valence-electron chi connectivity index (χ4n) is 4.40. The summed E-state index contributed by atoms with van der Waals surface area (Å²) in [5, 5.41) is 14.1. The lowest BCUT2D eigenvalue weighted by atomic mass is 10.1. The van der Waals surface area contributed by atoms with Crippen LogP contribution in [0.2, 0.25) is 0 Å². The van der Waals surface area contributed by atoms with E-state index in [-0.39, 0.29) is 17.2 Å². The molecule has 3 aromatic carbocycles. The molecule has 1 saturated heterocycles. The predicted octanol–water partition coefficient (Wildman–Crippen LogP) is 5.43. The number of nitrogens with one attached hydrogen (secondary N) is 1. The monoisotopic (exact) mass is 482 g/mol. The van der Waals surface area contributed by atoms with Gasteiger partial charge < -0.3 is 14.6 Å². The summed E-state index contributed by atoms with van der Waals surface area (Å²) in [6.45, 7) is 4.84. The molecule has 36 heavy (non-hydrogen) atoms. The Kier molecular flexibility index (Phi) is 6.77. The number of amides is 1. The summed E-state index contributed by atoms with van der Waals surface area (Å²) in [6, 6.07) is 27.6. The Morgan fingerprint density at radius 3 is 2.28 bits per heavy atom. The van der Waals surface area contributed by atoms with Crippen molar-refractivity contribution in [2.24, 2.45) is 0 Å². The number of benzene rings is 3. The minimum Gasteiger partial charge on any atom is -0.451 e. The summed E-state index contributed by atoms with van der Waals surface area (Å²) in [4.78, 5) is 28.3. The zero-order valence-electron chi connectivity index (χ0n) is 19.7. The number of anilines is 2. The number of para-hydroxylation sites is 1. The van der Waals surface area contributed by atoms with E-state index in [1.165, 1.54) is 17.7 Å². The zero-order chi connectivity index (χ0) is 24.9. The highest BCUT2D eigenvalue weighted by Crippen LogP contribution is 2.31. The van der Waals surface area contributed by atoms with Crippen LogP contribution in [-0.2, 0) is 6.54 Å². The number of nitrogens with zero attached hydrogens (tertiary/aromatic N) is 3. The van der Waals surface area contributed by atoms with Gasteiger partial charge in [-0.25, -0.2) is 0 Å². The molecule has 1 fully saturated rings. The number of nitro groups is 1. The summed E-state index contributed by atoms with van der Waals surface area (Å²) in [5.41, 5.74) is 3.35. The number of nitro benzene ring substituents is 1. The third-order valence-electron chi connectivity index (χ3n) is 6.31. The van der Waals surface area contributed by atoms with Gasteiger partial charge in [-0.15, -0.1) is 0 Å². The number of rotatable bonds is 7. The summed E-state index contributed by atoms with van der Waals surface area (Å²) < 4.78 is 5.64. The smallest absolute Gasteiger partial charge is 0.291 e. The normalized spacial score (nSPS) is 13.9. The van der Waals surface area contributed by atoms with E-state index in [1.807, 2.05) is 30.3 Å². The Balaban J connectivity index is 1.17. The minimum atomic E-state index is -0.470. The highest BCUT2D eigenvalue weighted by atomic mass is 16.6. The van der Waals surface area contributed by atoms with Crippen molar-refractivity contribution in [1.29, 1.82) is 0 Å². The molecule has 0 spiro atoms. The van der Waals surface area contributed by atoms with Crippen molar-refractivity contribution in [2.45, 2.75) is 6.54 Å². The maximum Gasteiger partial charge on any atom is 0.291 e. The fraction of sp³-hybridized carbons (Fsp3) is 0.179. The maximum atomic E-state index is 12.7. The molecule has 0 atom stereocenters. The van der Waals surface area contributed by atoms with E-state index in [9.17, 15) is 14.9 Å². The molecule has 182 valence electrons. The molecule has 1 N–H and O–H groups in total. The SMILES string of the molecule is O=C(Nc1ccc(N2CCN(Cc3ccccc3)CC2)cc1)c1ccc(-c2ccccc2[N+](=O)[O-])o1. The molecule has 2 heterocycles. The number of carbonyl (C=O) groups excluding carboxylic acids is 1. The van der Waals surface area contributed by atoms with Crippen molar-refractivity contribution >= 4 is 23.0 Å². The minimum absolute atomic E-state index is 0.0738. The van der Waals surface area contributed by atoms with Crippen LogP contribution in [0.1, 0.15) is 16.1 Å². The topological polar surface area (TPSA) is 91.9 Å². The van der Waals surface area contributed by atoms with Crippen molar-refractivity contribution in [3.05, 3.63) is 112 Å². The van der Waals surface area contributed by atoms with E-state index >= 15 is 0 Å². The lowest BCUT2D eigenvalue weighted by molar-refractivity contribution is -0.384. The van der Waals surface area contributed by atoms with Crippen LogP contribution in [0, 0.1) is 10.1 Å². The Labute approximate surface area is 208 Å².